The lowest BCUT2D eigenvalue weighted by atomic mass is 10.1. The van der Waals surface area contributed by atoms with E-state index in [0.29, 0.717) is 34.2 Å². The fourth-order valence-electron chi connectivity index (χ4n) is 4.00. The molecule has 0 aliphatic heterocycles. The van der Waals surface area contributed by atoms with Gasteiger partial charge in [-0.1, -0.05) is 24.3 Å². The van der Waals surface area contributed by atoms with E-state index in [1.807, 2.05) is 24.3 Å². The first-order valence-corrected chi connectivity index (χ1v) is 10.0. The number of nitrogens with one attached hydrogen (secondary N) is 1. The maximum absolute atomic E-state index is 13.7. The van der Waals surface area contributed by atoms with Gasteiger partial charge in [-0.2, -0.15) is 18.3 Å². The van der Waals surface area contributed by atoms with Crippen LogP contribution in [0.25, 0.3) is 27.6 Å². The van der Waals surface area contributed by atoms with Crippen LogP contribution in [-0.2, 0) is 12.6 Å². The van der Waals surface area contributed by atoms with E-state index in [1.54, 1.807) is 19.2 Å². The summed E-state index contributed by atoms with van der Waals surface area (Å²) < 4.78 is 46.7. The molecule has 9 heteroatoms. The van der Waals surface area contributed by atoms with Crippen molar-refractivity contribution in [3.05, 3.63) is 94.0 Å². The van der Waals surface area contributed by atoms with Crippen molar-refractivity contribution in [1.29, 1.82) is 0 Å². The molecule has 5 aromatic rings. The molecule has 0 aliphatic rings. The van der Waals surface area contributed by atoms with Gasteiger partial charge in [0, 0.05) is 23.6 Å². The first-order valence-electron chi connectivity index (χ1n) is 10.0. The van der Waals surface area contributed by atoms with Gasteiger partial charge in [0.15, 0.2) is 0 Å². The first kappa shape index (κ1) is 20.7. The first-order chi connectivity index (χ1) is 15.9. The molecule has 0 fully saturated rings. The van der Waals surface area contributed by atoms with Crippen LogP contribution in [0.5, 0.6) is 5.75 Å². The summed E-state index contributed by atoms with van der Waals surface area (Å²) >= 11 is 0. The van der Waals surface area contributed by atoms with E-state index in [1.165, 1.54) is 22.9 Å². The second-order valence-corrected chi connectivity index (χ2v) is 7.47. The summed E-state index contributed by atoms with van der Waals surface area (Å²) in [7, 11) is 1.56. The van der Waals surface area contributed by atoms with E-state index in [2.05, 4.69) is 15.2 Å². The van der Waals surface area contributed by atoms with Gasteiger partial charge in [0.2, 0.25) is 0 Å². The minimum absolute atomic E-state index is 0.0740. The molecule has 0 aliphatic carbocycles. The number of hydrogen-bond acceptors (Lipinski definition) is 4. The summed E-state index contributed by atoms with van der Waals surface area (Å²) in [6.07, 6.45) is -2.75. The molecule has 166 valence electrons. The summed E-state index contributed by atoms with van der Waals surface area (Å²) in [5.41, 5.74) is 0.727. The van der Waals surface area contributed by atoms with Crippen molar-refractivity contribution in [1.82, 2.24) is 19.7 Å². The third-order valence-electron chi connectivity index (χ3n) is 5.51. The molecular weight excluding hydrogens is 433 g/mol. The minimum Gasteiger partial charge on any atom is -0.496 e. The van der Waals surface area contributed by atoms with E-state index < -0.39 is 17.3 Å². The molecular formula is C24H17F3N4O2. The number of nitrogens with zero attached hydrogens (tertiary/aromatic N) is 3. The minimum atomic E-state index is -4.54. The molecule has 3 heterocycles. The molecule has 33 heavy (non-hydrogen) atoms. The van der Waals surface area contributed by atoms with Crippen LogP contribution in [0.2, 0.25) is 0 Å². The zero-order valence-electron chi connectivity index (χ0n) is 17.3. The molecule has 0 unspecified atom stereocenters. The van der Waals surface area contributed by atoms with Gasteiger partial charge in [0.05, 0.1) is 35.0 Å². The van der Waals surface area contributed by atoms with Crippen LogP contribution >= 0.6 is 0 Å². The summed E-state index contributed by atoms with van der Waals surface area (Å²) in [5, 5.41) is 8.15. The number of rotatable bonds is 4. The van der Waals surface area contributed by atoms with Crippen molar-refractivity contribution in [2.45, 2.75) is 12.6 Å². The lowest BCUT2D eigenvalue weighted by Gasteiger charge is -2.13. The summed E-state index contributed by atoms with van der Waals surface area (Å²) in [5.74, 6) is 0.648. The van der Waals surface area contributed by atoms with Crippen molar-refractivity contribution in [3.8, 4) is 11.4 Å². The molecule has 6 nitrogen and oxygen atoms in total. The molecule has 0 amide bonds. The van der Waals surface area contributed by atoms with Gasteiger partial charge < -0.3 is 4.74 Å². The second kappa shape index (κ2) is 7.77. The summed E-state index contributed by atoms with van der Waals surface area (Å²) in [6, 6.07) is 15.5. The Kier molecular flexibility index (Phi) is 4.88. The van der Waals surface area contributed by atoms with Crippen molar-refractivity contribution < 1.29 is 17.9 Å². The van der Waals surface area contributed by atoms with Crippen molar-refractivity contribution in [3.63, 3.8) is 0 Å². The van der Waals surface area contributed by atoms with E-state index in [4.69, 9.17) is 4.74 Å². The smallest absolute Gasteiger partial charge is 0.416 e. The van der Waals surface area contributed by atoms with Gasteiger partial charge in [-0.05, 0) is 36.4 Å². The number of alkyl halides is 3. The Bertz CT molecular complexity index is 1550. The van der Waals surface area contributed by atoms with E-state index >= 15 is 0 Å². The third-order valence-corrected chi connectivity index (χ3v) is 5.51. The highest BCUT2D eigenvalue weighted by Gasteiger charge is 2.31. The lowest BCUT2D eigenvalue weighted by Crippen LogP contribution is -2.21. The number of ether oxygens (including phenoxy) is 1. The van der Waals surface area contributed by atoms with Crippen molar-refractivity contribution in [2.24, 2.45) is 0 Å². The van der Waals surface area contributed by atoms with E-state index in [0.717, 1.165) is 17.7 Å². The molecule has 0 radical (unpaired) electrons. The van der Waals surface area contributed by atoms with Gasteiger partial charge in [-0.15, -0.1) is 0 Å². The fraction of sp³-hybridized carbons (Fsp3) is 0.125. The number of fused-ring (bicyclic) bond motifs is 3. The predicted octanol–water partition coefficient (Wildman–Crippen LogP) is 4.88. The van der Waals surface area contributed by atoms with Crippen LogP contribution in [0.4, 0.5) is 13.2 Å². The number of halogens is 3. The van der Waals surface area contributed by atoms with Gasteiger partial charge in [0.1, 0.15) is 11.4 Å². The SMILES string of the molecule is COc1ccccc1Cc1n[nH]c2c1c(=O)n(-c1cccc(C(F)(F)F)c1)c1ncccc21. The Morgan fingerprint density at radius 3 is 2.67 bits per heavy atom. The molecule has 2 aromatic carbocycles. The zero-order valence-corrected chi connectivity index (χ0v) is 17.3. The Balaban J connectivity index is 1.79. The van der Waals surface area contributed by atoms with Crippen molar-refractivity contribution in [2.75, 3.05) is 7.11 Å². The Morgan fingerprint density at radius 1 is 1.06 bits per heavy atom. The highest BCUT2D eigenvalue weighted by Crippen LogP contribution is 2.32. The maximum atomic E-state index is 13.7. The van der Waals surface area contributed by atoms with Gasteiger partial charge in [0.25, 0.3) is 5.56 Å². The summed E-state index contributed by atoms with van der Waals surface area (Å²) in [4.78, 5) is 18.0. The molecule has 0 saturated carbocycles. The van der Waals surface area contributed by atoms with Crippen LogP contribution < -0.4 is 10.3 Å². The average molecular weight is 450 g/mol. The Hall–Kier alpha value is -4.14. The largest absolute Gasteiger partial charge is 0.496 e. The van der Waals surface area contributed by atoms with Gasteiger partial charge >= 0.3 is 6.18 Å². The number of H-pyrrole nitrogens is 1. The molecule has 3 aromatic heterocycles. The molecule has 0 atom stereocenters. The van der Waals surface area contributed by atoms with Crippen LogP contribution in [0.3, 0.4) is 0 Å². The molecule has 0 bridgehead atoms. The quantitative estimate of drug-likeness (QED) is 0.424. The molecule has 0 spiro atoms. The van der Waals surface area contributed by atoms with Crippen LogP contribution in [0.1, 0.15) is 16.8 Å². The van der Waals surface area contributed by atoms with Crippen molar-refractivity contribution >= 4 is 21.9 Å². The zero-order chi connectivity index (χ0) is 23.2. The molecule has 0 saturated heterocycles. The second-order valence-electron chi connectivity index (χ2n) is 7.47. The van der Waals surface area contributed by atoms with Gasteiger partial charge in [-0.25, -0.2) is 4.98 Å². The number of aromatic nitrogens is 4. The van der Waals surface area contributed by atoms with E-state index in [9.17, 15) is 18.0 Å². The number of benzene rings is 2. The van der Waals surface area contributed by atoms with E-state index in [-0.39, 0.29) is 11.3 Å². The number of methoxy groups -OCH3 is 1. The number of hydrogen-bond donors (Lipinski definition) is 1. The van der Waals surface area contributed by atoms with Gasteiger partial charge in [-0.3, -0.25) is 14.5 Å². The normalized spacial score (nSPS) is 11.9. The number of para-hydroxylation sites is 1. The topological polar surface area (TPSA) is 72.8 Å². The molecule has 5 rings (SSSR count). The Morgan fingerprint density at radius 2 is 1.88 bits per heavy atom. The highest BCUT2D eigenvalue weighted by molar-refractivity contribution is 6.03. The summed E-state index contributed by atoms with van der Waals surface area (Å²) in [6.45, 7) is 0. The monoisotopic (exact) mass is 450 g/mol. The molecule has 1 N–H and O–H groups in total. The lowest BCUT2D eigenvalue weighted by molar-refractivity contribution is -0.137. The maximum Gasteiger partial charge on any atom is 0.416 e. The van der Waals surface area contributed by atoms with Crippen LogP contribution in [-0.4, -0.2) is 26.9 Å². The van der Waals surface area contributed by atoms with Crippen LogP contribution in [0, 0.1) is 0 Å². The Labute approximate surface area is 185 Å². The van der Waals surface area contributed by atoms with Crippen LogP contribution in [0.15, 0.2) is 71.7 Å². The fourth-order valence-corrected chi connectivity index (χ4v) is 4.00. The number of pyridine rings is 2. The average Bonchev–Trinajstić information content (AvgIpc) is 3.23. The number of aromatic amines is 1. The predicted molar refractivity (Wildman–Crippen MR) is 118 cm³/mol. The third kappa shape index (κ3) is 3.51. The highest BCUT2D eigenvalue weighted by atomic mass is 19.4. The standard InChI is InChI=1S/C24H17F3N4O2/c1-33-19-10-3-2-6-14(19)12-18-20-21(30-29-18)17-9-5-11-28-22(17)31(23(20)32)16-8-4-7-15(13-16)24(25,26)27/h2-11,13H,12H2,1H3,(H,29,30).